The zero-order valence-corrected chi connectivity index (χ0v) is 37.9. The van der Waals surface area contributed by atoms with Gasteiger partial charge in [-0.25, -0.2) is 15.2 Å². The standard InChI is InChI=1S/C46H60N8O7S/c1-9-52-36-15-14-28-18-31(36)32(41(52)30-12-10-16-47-39(30)27(4)59-8)20-46(5,6)25-61-44(57)33-13-11-17-54(50-33)43(56)34(19-38-48-35(28)24-62-38)49-42(55)40(26(2)3)51(7)45(58)53-21-29-22-60-23-37(29)53/h10,12,14-16,18,24,26-27,29,33-34,37,40,50H,9,11,13,17,19-23,25H2,1-8H3,(H,49,55)/t27-,29-,33-,34-,37+,40-/m0/s1. The molecule has 62 heavy (non-hydrogen) atoms. The van der Waals surface area contributed by atoms with Crippen molar-refractivity contribution in [2.75, 3.05) is 47.1 Å². The van der Waals surface area contributed by atoms with Crippen LogP contribution in [0.3, 0.4) is 0 Å². The number of amides is 4. The number of nitrogens with one attached hydrogen (secondary N) is 2. The van der Waals surface area contributed by atoms with Gasteiger partial charge in [0, 0.05) is 85.2 Å². The summed E-state index contributed by atoms with van der Waals surface area (Å²) >= 11 is 1.43. The SMILES string of the molecule is CCn1c(-c2cccnc2[C@H](C)OC)c2c3cc(ccc31)-c1csc(n1)C[C@H](NC(=O)[C@H](C(C)C)N(C)C(=O)N1C[C@H]3COC[C@H]31)C(=O)N1CCC[C@H](N1)C(=O)OCC(C)(C)C2. The van der Waals surface area contributed by atoms with Gasteiger partial charge >= 0.3 is 12.0 Å². The molecular formula is C46H60N8O7S. The first-order chi connectivity index (χ1) is 29.7. The van der Waals surface area contributed by atoms with Crippen LogP contribution in [0.2, 0.25) is 0 Å². The minimum Gasteiger partial charge on any atom is -0.464 e. The van der Waals surface area contributed by atoms with E-state index in [0.29, 0.717) is 63.0 Å². The normalized spacial score (nSPS) is 23.6. The number of urea groups is 1. The summed E-state index contributed by atoms with van der Waals surface area (Å²) < 4.78 is 19.8. The molecule has 15 nitrogen and oxygen atoms in total. The summed E-state index contributed by atoms with van der Waals surface area (Å²) in [5.74, 6) is -1.20. The van der Waals surface area contributed by atoms with E-state index in [1.54, 1.807) is 25.3 Å². The molecule has 3 fully saturated rings. The van der Waals surface area contributed by atoms with Crippen LogP contribution in [0.15, 0.2) is 41.9 Å². The van der Waals surface area contributed by atoms with Gasteiger partial charge in [-0.15, -0.1) is 11.3 Å². The van der Waals surface area contributed by atoms with Crippen molar-refractivity contribution in [2.24, 2.45) is 17.3 Å². The van der Waals surface area contributed by atoms with Crippen LogP contribution in [0.25, 0.3) is 33.4 Å². The molecule has 4 aliphatic heterocycles. The predicted molar refractivity (Wildman–Crippen MR) is 236 cm³/mol. The summed E-state index contributed by atoms with van der Waals surface area (Å²) in [5.41, 5.74) is 9.38. The fourth-order valence-corrected chi connectivity index (χ4v) is 10.5. The zero-order valence-electron chi connectivity index (χ0n) is 37.1. The van der Waals surface area contributed by atoms with E-state index in [-0.39, 0.29) is 37.1 Å². The number of nitrogens with zero attached hydrogens (tertiary/aromatic N) is 6. The van der Waals surface area contributed by atoms with Gasteiger partial charge in [0.25, 0.3) is 5.91 Å². The number of carbonyl (C=O) groups is 4. The number of pyridine rings is 1. The maximum Gasteiger partial charge on any atom is 0.324 e. The van der Waals surface area contributed by atoms with Crippen LogP contribution in [-0.4, -0.2) is 124 Å². The topological polar surface area (TPSA) is 160 Å². The van der Waals surface area contributed by atoms with Crippen molar-refractivity contribution in [1.82, 2.24) is 40.1 Å². The second kappa shape index (κ2) is 17.7. The Morgan fingerprint density at radius 3 is 2.71 bits per heavy atom. The van der Waals surface area contributed by atoms with Gasteiger partial charge in [0.1, 0.15) is 18.1 Å². The molecule has 0 unspecified atom stereocenters. The number of esters is 1. The van der Waals surface area contributed by atoms with Gasteiger partial charge in [-0.05, 0) is 68.9 Å². The van der Waals surface area contributed by atoms with E-state index in [0.717, 1.165) is 44.7 Å². The van der Waals surface area contributed by atoms with Gasteiger partial charge in [0.05, 0.1) is 54.1 Å². The monoisotopic (exact) mass is 868 g/mol. The first kappa shape index (κ1) is 43.7. The second-order valence-corrected chi connectivity index (χ2v) is 19.3. The van der Waals surface area contributed by atoms with Gasteiger partial charge in [0.2, 0.25) is 5.91 Å². The molecule has 1 aromatic carbocycles. The fourth-order valence-electron chi connectivity index (χ4n) is 9.64. The average Bonchev–Trinajstić information content (AvgIpc) is 3.96. The number of fused-ring (bicyclic) bond motifs is 7. The van der Waals surface area contributed by atoms with E-state index in [4.69, 9.17) is 24.2 Å². The Bertz CT molecular complexity index is 2340. The number of benzene rings is 1. The molecule has 3 aromatic heterocycles. The van der Waals surface area contributed by atoms with Gasteiger partial charge in [-0.2, -0.15) is 0 Å². The zero-order chi connectivity index (χ0) is 44.0. The molecule has 0 radical (unpaired) electrons. The van der Waals surface area contributed by atoms with Gasteiger partial charge < -0.3 is 33.9 Å². The van der Waals surface area contributed by atoms with E-state index in [2.05, 4.69) is 60.3 Å². The number of hydrogen-bond acceptors (Lipinski definition) is 11. The summed E-state index contributed by atoms with van der Waals surface area (Å²) in [6, 6.07) is 7.58. The number of rotatable bonds is 8. The van der Waals surface area contributed by atoms with E-state index < -0.39 is 41.3 Å². The number of likely N-dealkylation sites (tertiary alicyclic amines) is 1. The number of methoxy groups -OCH3 is 1. The highest BCUT2D eigenvalue weighted by Crippen LogP contribution is 2.42. The maximum absolute atomic E-state index is 14.6. The number of hydrazine groups is 1. The van der Waals surface area contributed by atoms with Crippen molar-refractivity contribution in [3.8, 4) is 22.5 Å². The Morgan fingerprint density at radius 1 is 1.16 bits per heavy atom. The van der Waals surface area contributed by atoms with Crippen molar-refractivity contribution in [3.05, 3.63) is 58.2 Å². The van der Waals surface area contributed by atoms with Crippen molar-refractivity contribution < 1.29 is 33.4 Å². The molecular weight excluding hydrogens is 809 g/mol. The molecule has 332 valence electrons. The molecule has 0 saturated carbocycles. The largest absolute Gasteiger partial charge is 0.464 e. The van der Waals surface area contributed by atoms with Crippen molar-refractivity contribution in [1.29, 1.82) is 0 Å². The Hall–Kier alpha value is -4.90. The van der Waals surface area contributed by atoms with Crippen molar-refractivity contribution >= 4 is 46.1 Å². The lowest BCUT2D eigenvalue weighted by molar-refractivity contribution is -0.155. The summed E-state index contributed by atoms with van der Waals surface area (Å²) in [7, 11) is 3.34. The predicted octanol–water partition coefficient (Wildman–Crippen LogP) is 5.61. The van der Waals surface area contributed by atoms with Crippen molar-refractivity contribution in [3.63, 3.8) is 0 Å². The number of ether oxygens (including phenoxy) is 3. The molecule has 6 atom stereocenters. The van der Waals surface area contributed by atoms with Crippen LogP contribution >= 0.6 is 11.3 Å². The Labute approximate surface area is 367 Å². The van der Waals surface area contributed by atoms with Gasteiger partial charge in [0.15, 0.2) is 0 Å². The van der Waals surface area contributed by atoms with E-state index in [1.165, 1.54) is 21.2 Å². The van der Waals surface area contributed by atoms with Crippen LogP contribution in [0.5, 0.6) is 0 Å². The maximum atomic E-state index is 14.6. The highest BCUT2D eigenvalue weighted by Gasteiger charge is 2.48. The summed E-state index contributed by atoms with van der Waals surface area (Å²) in [6.07, 6.45) is 3.30. The van der Waals surface area contributed by atoms with E-state index in [9.17, 15) is 19.2 Å². The van der Waals surface area contributed by atoms with Gasteiger partial charge in [-0.3, -0.25) is 24.4 Å². The van der Waals surface area contributed by atoms with E-state index in [1.807, 2.05) is 32.2 Å². The van der Waals surface area contributed by atoms with Crippen molar-refractivity contribution in [2.45, 2.75) is 104 Å². The number of carbonyl (C=O) groups excluding carboxylic acids is 4. The summed E-state index contributed by atoms with van der Waals surface area (Å²) in [6.45, 7) is 15.0. The molecule has 2 N–H and O–H groups in total. The molecule has 4 aromatic rings. The minimum absolute atomic E-state index is 0.0128. The lowest BCUT2D eigenvalue weighted by atomic mass is 9.84. The molecule has 7 heterocycles. The van der Waals surface area contributed by atoms with Crippen LogP contribution in [0.1, 0.15) is 76.8 Å². The quantitative estimate of drug-likeness (QED) is 0.213. The third-order valence-electron chi connectivity index (χ3n) is 13.0. The second-order valence-electron chi connectivity index (χ2n) is 18.4. The average molecular weight is 869 g/mol. The molecule has 6 bridgehead atoms. The molecule has 16 heteroatoms. The minimum atomic E-state index is -1.04. The lowest BCUT2D eigenvalue weighted by Gasteiger charge is -2.46. The molecule has 0 aliphatic carbocycles. The smallest absolute Gasteiger partial charge is 0.324 e. The lowest BCUT2D eigenvalue weighted by Crippen LogP contribution is -2.65. The van der Waals surface area contributed by atoms with Crippen LogP contribution in [0, 0.1) is 17.3 Å². The molecule has 3 saturated heterocycles. The Morgan fingerprint density at radius 2 is 1.97 bits per heavy atom. The fraction of sp³-hybridized carbons (Fsp3) is 0.565. The number of likely N-dealkylation sites (N-methyl/N-ethyl adjacent to an activating group) is 1. The number of hydrogen-bond donors (Lipinski definition) is 2. The summed E-state index contributed by atoms with van der Waals surface area (Å²) in [4.78, 5) is 69.7. The van der Waals surface area contributed by atoms with Crippen LogP contribution in [-0.2, 0) is 48.0 Å². The summed E-state index contributed by atoms with van der Waals surface area (Å²) in [5, 5.41) is 8.20. The number of aryl methyl sites for hydroxylation is 1. The third kappa shape index (κ3) is 8.33. The molecule has 4 amide bonds. The van der Waals surface area contributed by atoms with Crippen LogP contribution < -0.4 is 10.7 Å². The number of aromatic nitrogens is 3. The Balaban J connectivity index is 1.17. The molecule has 8 rings (SSSR count). The highest BCUT2D eigenvalue weighted by atomic mass is 32.1. The highest BCUT2D eigenvalue weighted by molar-refractivity contribution is 7.10. The Kier molecular flexibility index (Phi) is 12.5. The van der Waals surface area contributed by atoms with E-state index >= 15 is 0 Å². The molecule has 4 aliphatic rings. The van der Waals surface area contributed by atoms with Crippen LogP contribution in [0.4, 0.5) is 4.79 Å². The van der Waals surface area contributed by atoms with Gasteiger partial charge in [-0.1, -0.05) is 33.8 Å². The first-order valence-corrected chi connectivity index (χ1v) is 22.8. The number of cyclic esters (lactones) is 1. The number of thiazole rings is 1. The molecule has 0 spiro atoms. The first-order valence-electron chi connectivity index (χ1n) is 21.9. The third-order valence-corrected chi connectivity index (χ3v) is 13.9.